The first-order valence-electron chi connectivity index (χ1n) is 11.1. The Kier molecular flexibility index (Phi) is 5.73. The number of fused-ring (bicyclic) bond motifs is 1. The Balaban J connectivity index is 1.67. The van der Waals surface area contributed by atoms with Gasteiger partial charge >= 0.3 is 0 Å². The minimum atomic E-state index is -0.843. The molecule has 0 bridgehead atoms. The lowest BCUT2D eigenvalue weighted by Gasteiger charge is -2.33. The number of amides is 1. The van der Waals surface area contributed by atoms with E-state index in [2.05, 4.69) is 0 Å². The van der Waals surface area contributed by atoms with Crippen LogP contribution in [0.3, 0.4) is 0 Å². The van der Waals surface area contributed by atoms with Crippen LogP contribution in [0.4, 0.5) is 0 Å². The van der Waals surface area contributed by atoms with Crippen LogP contribution in [0.25, 0.3) is 11.0 Å². The third-order valence-corrected chi connectivity index (χ3v) is 6.87. The number of hydrogen-bond donors (Lipinski definition) is 1. The monoisotopic (exact) mass is 481 g/mol. The van der Waals surface area contributed by atoms with Gasteiger partial charge in [0.05, 0.1) is 25.8 Å². The molecule has 2 aliphatic rings. The fourth-order valence-corrected chi connectivity index (χ4v) is 5.29. The average molecular weight is 482 g/mol. The van der Waals surface area contributed by atoms with Crippen LogP contribution < -0.4 is 9.47 Å². The summed E-state index contributed by atoms with van der Waals surface area (Å²) < 4.78 is 16.9. The lowest BCUT2D eigenvalue weighted by molar-refractivity contribution is -0.131. The van der Waals surface area contributed by atoms with Crippen molar-refractivity contribution in [3.05, 3.63) is 70.1 Å². The molecule has 2 heterocycles. The van der Waals surface area contributed by atoms with Gasteiger partial charge < -0.3 is 23.9 Å². The standard InChI is InChI=1S/C26H24ClNO6/c1-32-19-9-5-8-17(25(19)33-2)22-21(24(30)26(31)28(22)16-6-3-4-7-16)23(29)20-13-14-12-15(27)10-11-18(14)34-20/h5,8-13,16,22,30H,3-4,6-7H2,1-2H3. The molecule has 1 fully saturated rings. The molecule has 1 aliphatic heterocycles. The SMILES string of the molecule is COc1cccc(C2C(C(=O)c3cc4cc(Cl)ccc4o3)=C(O)C(=O)N2C2CCCC2)c1OC. The van der Waals surface area contributed by atoms with E-state index in [9.17, 15) is 14.7 Å². The number of carbonyl (C=O) groups is 2. The molecule has 1 N–H and O–H groups in total. The molecule has 2 aromatic carbocycles. The van der Waals surface area contributed by atoms with Crippen molar-refractivity contribution >= 4 is 34.3 Å². The number of aliphatic hydroxyl groups excluding tert-OH is 1. The molecule has 1 aromatic heterocycles. The minimum absolute atomic E-state index is 0.0201. The first-order chi connectivity index (χ1) is 16.4. The summed E-state index contributed by atoms with van der Waals surface area (Å²) in [5, 5.41) is 12.2. The maximum Gasteiger partial charge on any atom is 0.290 e. The highest BCUT2D eigenvalue weighted by atomic mass is 35.5. The summed E-state index contributed by atoms with van der Waals surface area (Å²) in [6, 6.07) is 11.0. The Morgan fingerprint density at radius 2 is 1.88 bits per heavy atom. The van der Waals surface area contributed by atoms with Crippen molar-refractivity contribution in [2.45, 2.75) is 37.8 Å². The molecule has 1 unspecified atom stereocenters. The van der Waals surface area contributed by atoms with Gasteiger partial charge in [-0.3, -0.25) is 9.59 Å². The van der Waals surface area contributed by atoms with Crippen molar-refractivity contribution in [1.29, 1.82) is 0 Å². The lowest BCUT2D eigenvalue weighted by Crippen LogP contribution is -2.38. The van der Waals surface area contributed by atoms with E-state index in [0.29, 0.717) is 33.1 Å². The second-order valence-electron chi connectivity index (χ2n) is 8.52. The van der Waals surface area contributed by atoms with Crippen LogP contribution in [0.1, 0.15) is 47.8 Å². The highest BCUT2D eigenvalue weighted by Crippen LogP contribution is 2.48. The fraction of sp³-hybridized carbons (Fsp3) is 0.308. The second kappa shape index (κ2) is 8.72. The van der Waals surface area contributed by atoms with E-state index in [1.165, 1.54) is 14.2 Å². The summed E-state index contributed by atoms with van der Waals surface area (Å²) in [5.41, 5.74) is 1.02. The van der Waals surface area contributed by atoms with Crippen molar-refractivity contribution in [2.24, 2.45) is 0 Å². The van der Waals surface area contributed by atoms with E-state index in [1.807, 2.05) is 0 Å². The zero-order chi connectivity index (χ0) is 24.0. The number of hydrogen-bond acceptors (Lipinski definition) is 6. The predicted octanol–water partition coefficient (Wildman–Crippen LogP) is 5.62. The number of aliphatic hydroxyl groups is 1. The maximum absolute atomic E-state index is 13.8. The van der Waals surface area contributed by atoms with Gasteiger partial charge in [-0.15, -0.1) is 0 Å². The highest BCUT2D eigenvalue weighted by Gasteiger charge is 2.48. The van der Waals surface area contributed by atoms with E-state index in [4.69, 9.17) is 25.5 Å². The van der Waals surface area contributed by atoms with Gasteiger partial charge in [0.1, 0.15) is 5.58 Å². The molecule has 0 spiro atoms. The lowest BCUT2D eigenvalue weighted by atomic mass is 9.93. The number of rotatable bonds is 6. The molecule has 34 heavy (non-hydrogen) atoms. The van der Waals surface area contributed by atoms with Crippen molar-refractivity contribution in [3.8, 4) is 11.5 Å². The molecule has 1 amide bonds. The highest BCUT2D eigenvalue weighted by molar-refractivity contribution is 6.31. The first-order valence-corrected chi connectivity index (χ1v) is 11.5. The third-order valence-electron chi connectivity index (χ3n) is 6.64. The van der Waals surface area contributed by atoms with Crippen LogP contribution in [-0.4, -0.2) is 42.0 Å². The van der Waals surface area contributed by atoms with Gasteiger partial charge in [-0.05, 0) is 43.2 Å². The summed E-state index contributed by atoms with van der Waals surface area (Å²) in [7, 11) is 3.03. The Labute approximate surface area is 201 Å². The van der Waals surface area contributed by atoms with Gasteiger partial charge in [-0.1, -0.05) is 36.6 Å². The number of benzene rings is 2. The normalized spacial score (nSPS) is 18.9. The number of nitrogens with zero attached hydrogens (tertiary/aromatic N) is 1. The van der Waals surface area contributed by atoms with Crippen LogP contribution in [0.15, 0.2) is 58.2 Å². The number of carbonyl (C=O) groups excluding carboxylic acids is 2. The number of halogens is 1. The number of ketones is 1. The van der Waals surface area contributed by atoms with Crippen molar-refractivity contribution in [1.82, 2.24) is 4.90 Å². The van der Waals surface area contributed by atoms with E-state index < -0.39 is 23.5 Å². The van der Waals surface area contributed by atoms with E-state index in [1.54, 1.807) is 47.4 Å². The van der Waals surface area contributed by atoms with Gasteiger partial charge in [0.15, 0.2) is 23.0 Å². The summed E-state index contributed by atoms with van der Waals surface area (Å²) in [6.07, 6.45) is 3.55. The summed E-state index contributed by atoms with van der Waals surface area (Å²) in [4.78, 5) is 28.7. The minimum Gasteiger partial charge on any atom is -0.503 e. The molecule has 1 atom stereocenters. The van der Waals surface area contributed by atoms with Crippen LogP contribution in [0.5, 0.6) is 11.5 Å². The molecule has 8 heteroatoms. The van der Waals surface area contributed by atoms with Crippen molar-refractivity contribution < 1.29 is 28.6 Å². The van der Waals surface area contributed by atoms with E-state index in [-0.39, 0.29) is 17.4 Å². The van der Waals surface area contributed by atoms with Crippen LogP contribution in [0.2, 0.25) is 5.02 Å². The Hall–Kier alpha value is -3.45. The summed E-state index contributed by atoms with van der Waals surface area (Å²) >= 11 is 6.08. The van der Waals surface area contributed by atoms with Crippen molar-refractivity contribution in [2.75, 3.05) is 14.2 Å². The van der Waals surface area contributed by atoms with E-state index >= 15 is 0 Å². The van der Waals surface area contributed by atoms with Gasteiger partial charge in [0.25, 0.3) is 5.91 Å². The largest absolute Gasteiger partial charge is 0.503 e. The van der Waals surface area contributed by atoms with Crippen LogP contribution in [0, 0.1) is 0 Å². The Bertz CT molecular complexity index is 1320. The number of methoxy groups -OCH3 is 2. The number of Topliss-reactive ketones (excluding diaryl/α,β-unsaturated/α-hetero) is 1. The van der Waals surface area contributed by atoms with Gasteiger partial charge in [0, 0.05) is 22.0 Å². The van der Waals surface area contributed by atoms with Gasteiger partial charge in [-0.25, -0.2) is 0 Å². The third kappa shape index (κ3) is 3.51. The zero-order valence-corrected chi connectivity index (χ0v) is 19.6. The zero-order valence-electron chi connectivity index (χ0n) is 18.8. The molecule has 7 nitrogen and oxygen atoms in total. The molecule has 1 saturated carbocycles. The molecule has 0 radical (unpaired) electrons. The number of furan rings is 1. The number of para-hydroxylation sites is 1. The molecule has 5 rings (SSSR count). The summed E-state index contributed by atoms with van der Waals surface area (Å²) in [6.45, 7) is 0. The maximum atomic E-state index is 13.8. The molecular formula is C26H24ClNO6. The smallest absolute Gasteiger partial charge is 0.290 e. The van der Waals surface area contributed by atoms with Gasteiger partial charge in [-0.2, -0.15) is 0 Å². The van der Waals surface area contributed by atoms with E-state index in [0.717, 1.165) is 25.7 Å². The molecule has 176 valence electrons. The van der Waals surface area contributed by atoms with Crippen LogP contribution >= 0.6 is 11.6 Å². The first kappa shape index (κ1) is 22.3. The molecule has 0 saturated heterocycles. The molecular weight excluding hydrogens is 458 g/mol. The van der Waals surface area contributed by atoms with Gasteiger partial charge in [0.2, 0.25) is 5.78 Å². The summed E-state index contributed by atoms with van der Waals surface area (Å²) in [5.74, 6) is -0.799. The molecule has 3 aromatic rings. The topological polar surface area (TPSA) is 89.2 Å². The average Bonchev–Trinajstić information content (AvgIpc) is 3.56. The quantitative estimate of drug-likeness (QED) is 0.459. The fourth-order valence-electron chi connectivity index (χ4n) is 5.11. The van der Waals surface area contributed by atoms with Crippen molar-refractivity contribution in [3.63, 3.8) is 0 Å². The molecule has 1 aliphatic carbocycles. The number of ether oxygens (including phenoxy) is 2. The van der Waals surface area contributed by atoms with Crippen LogP contribution in [-0.2, 0) is 4.79 Å². The predicted molar refractivity (Wildman–Crippen MR) is 127 cm³/mol. The second-order valence-corrected chi connectivity index (χ2v) is 8.96. The Morgan fingerprint density at radius 1 is 1.12 bits per heavy atom. The Morgan fingerprint density at radius 3 is 2.59 bits per heavy atom.